The van der Waals surface area contributed by atoms with Crippen molar-refractivity contribution in [1.82, 2.24) is 0 Å². The van der Waals surface area contributed by atoms with Gasteiger partial charge in [-0.15, -0.1) is 0 Å². The van der Waals surface area contributed by atoms with Gasteiger partial charge in [0.1, 0.15) is 11.3 Å². The standard InChI is InChI=1S/C9H9NO5/c1-14-7-3-4-8(15-2)9(10(12)13)6(7)5-11/h3-5H,1-2H3. The zero-order chi connectivity index (χ0) is 11.4. The van der Waals surface area contributed by atoms with Crippen LogP contribution in [0.3, 0.4) is 0 Å². The summed E-state index contributed by atoms with van der Waals surface area (Å²) in [6.07, 6.45) is 0.374. The second kappa shape index (κ2) is 4.41. The van der Waals surface area contributed by atoms with E-state index >= 15 is 0 Å². The van der Waals surface area contributed by atoms with Crippen molar-refractivity contribution >= 4 is 12.0 Å². The van der Waals surface area contributed by atoms with E-state index in [2.05, 4.69) is 0 Å². The van der Waals surface area contributed by atoms with Gasteiger partial charge in [0, 0.05) is 0 Å². The van der Waals surface area contributed by atoms with Crippen LogP contribution in [-0.4, -0.2) is 25.4 Å². The summed E-state index contributed by atoms with van der Waals surface area (Å²) in [7, 11) is 2.63. The molecule has 0 heterocycles. The number of hydrogen-bond acceptors (Lipinski definition) is 5. The average molecular weight is 211 g/mol. The molecule has 0 aliphatic carbocycles. The minimum atomic E-state index is -0.676. The lowest BCUT2D eigenvalue weighted by molar-refractivity contribution is -0.386. The monoisotopic (exact) mass is 211 g/mol. The molecule has 15 heavy (non-hydrogen) atoms. The molecule has 0 amide bonds. The van der Waals surface area contributed by atoms with E-state index in [0.29, 0.717) is 6.29 Å². The molecule has 1 rings (SSSR count). The molecule has 0 spiro atoms. The molecular weight excluding hydrogens is 202 g/mol. The van der Waals surface area contributed by atoms with Crippen molar-refractivity contribution in [3.05, 3.63) is 27.8 Å². The van der Waals surface area contributed by atoms with Gasteiger partial charge in [0.25, 0.3) is 0 Å². The van der Waals surface area contributed by atoms with Crippen LogP contribution >= 0.6 is 0 Å². The fourth-order valence-electron chi connectivity index (χ4n) is 1.21. The molecule has 0 fully saturated rings. The number of rotatable bonds is 4. The topological polar surface area (TPSA) is 78.7 Å². The van der Waals surface area contributed by atoms with Crippen LogP contribution in [0.1, 0.15) is 10.4 Å². The number of nitrogens with zero attached hydrogens (tertiary/aromatic N) is 1. The van der Waals surface area contributed by atoms with E-state index < -0.39 is 4.92 Å². The summed E-state index contributed by atoms with van der Waals surface area (Å²) in [6.45, 7) is 0. The van der Waals surface area contributed by atoms with Crippen LogP contribution in [0.15, 0.2) is 12.1 Å². The van der Waals surface area contributed by atoms with Gasteiger partial charge in [-0.3, -0.25) is 14.9 Å². The van der Waals surface area contributed by atoms with Crippen LogP contribution in [0.4, 0.5) is 5.69 Å². The number of nitro benzene ring substituents is 1. The summed E-state index contributed by atoms with van der Waals surface area (Å²) in [5.41, 5.74) is -0.506. The lowest BCUT2D eigenvalue weighted by Crippen LogP contribution is -2.00. The number of ether oxygens (including phenoxy) is 2. The number of nitro groups is 1. The van der Waals surface area contributed by atoms with E-state index in [1.54, 1.807) is 0 Å². The quantitative estimate of drug-likeness (QED) is 0.427. The third kappa shape index (κ3) is 1.88. The van der Waals surface area contributed by atoms with E-state index in [9.17, 15) is 14.9 Å². The highest BCUT2D eigenvalue weighted by molar-refractivity contribution is 5.87. The molecule has 1 aromatic rings. The van der Waals surface area contributed by atoms with Crippen molar-refractivity contribution in [2.75, 3.05) is 14.2 Å². The first-order valence-corrected chi connectivity index (χ1v) is 4.00. The third-order valence-electron chi connectivity index (χ3n) is 1.88. The van der Waals surface area contributed by atoms with Crippen LogP contribution in [0, 0.1) is 10.1 Å². The Morgan fingerprint density at radius 2 is 1.80 bits per heavy atom. The van der Waals surface area contributed by atoms with Crippen molar-refractivity contribution in [1.29, 1.82) is 0 Å². The number of carbonyl (C=O) groups is 1. The highest BCUT2D eigenvalue weighted by atomic mass is 16.6. The predicted octanol–water partition coefficient (Wildman–Crippen LogP) is 1.42. The van der Waals surface area contributed by atoms with Gasteiger partial charge in [-0.2, -0.15) is 0 Å². The minimum Gasteiger partial charge on any atom is -0.496 e. The van der Waals surface area contributed by atoms with Crippen molar-refractivity contribution in [3.63, 3.8) is 0 Å². The molecule has 6 nitrogen and oxygen atoms in total. The maximum atomic E-state index is 10.7. The predicted molar refractivity (Wildman–Crippen MR) is 51.6 cm³/mol. The fourth-order valence-corrected chi connectivity index (χ4v) is 1.21. The summed E-state index contributed by atoms with van der Waals surface area (Å²) in [4.78, 5) is 20.8. The van der Waals surface area contributed by atoms with Gasteiger partial charge >= 0.3 is 5.69 Å². The van der Waals surface area contributed by atoms with E-state index in [1.807, 2.05) is 0 Å². The maximum absolute atomic E-state index is 10.7. The van der Waals surface area contributed by atoms with Crippen LogP contribution in [0.5, 0.6) is 11.5 Å². The van der Waals surface area contributed by atoms with E-state index in [-0.39, 0.29) is 22.7 Å². The van der Waals surface area contributed by atoms with Gasteiger partial charge in [0.05, 0.1) is 19.1 Å². The average Bonchev–Trinajstić information content (AvgIpc) is 2.26. The molecular formula is C9H9NO5. The Bertz CT molecular complexity index is 402. The normalized spacial score (nSPS) is 9.47. The molecule has 0 atom stereocenters. The van der Waals surface area contributed by atoms with E-state index in [0.717, 1.165) is 0 Å². The molecule has 0 saturated heterocycles. The Morgan fingerprint density at radius 3 is 2.20 bits per heavy atom. The van der Waals surface area contributed by atoms with Crippen molar-refractivity contribution in [2.24, 2.45) is 0 Å². The highest BCUT2D eigenvalue weighted by Crippen LogP contribution is 2.35. The number of aldehydes is 1. The third-order valence-corrected chi connectivity index (χ3v) is 1.88. The van der Waals surface area contributed by atoms with E-state index in [1.165, 1.54) is 26.4 Å². The number of methoxy groups -OCH3 is 2. The first-order chi connectivity index (χ1) is 7.15. The minimum absolute atomic E-state index is 0.0305. The molecule has 6 heteroatoms. The SMILES string of the molecule is COc1ccc(OC)c([N+](=O)[O-])c1C=O. The largest absolute Gasteiger partial charge is 0.496 e. The molecule has 0 aromatic heterocycles. The second-order valence-electron chi connectivity index (χ2n) is 2.61. The van der Waals surface area contributed by atoms with Crippen molar-refractivity contribution < 1.29 is 19.2 Å². The number of hydrogen-bond donors (Lipinski definition) is 0. The summed E-state index contributed by atoms with van der Waals surface area (Å²) in [6, 6.07) is 2.82. The zero-order valence-corrected chi connectivity index (χ0v) is 8.22. The summed E-state index contributed by atoms with van der Waals surface area (Å²) in [5.74, 6) is 0.181. The van der Waals surface area contributed by atoms with Crippen LogP contribution in [-0.2, 0) is 0 Å². The molecule has 1 aromatic carbocycles. The molecule has 0 radical (unpaired) electrons. The first kappa shape index (κ1) is 11.0. The molecule has 0 aliphatic heterocycles. The van der Waals surface area contributed by atoms with Gasteiger partial charge < -0.3 is 9.47 Å². The Hall–Kier alpha value is -2.11. The van der Waals surface area contributed by atoms with Crippen molar-refractivity contribution in [2.45, 2.75) is 0 Å². The van der Waals surface area contributed by atoms with Gasteiger partial charge in [-0.1, -0.05) is 0 Å². The smallest absolute Gasteiger partial charge is 0.325 e. The zero-order valence-electron chi connectivity index (χ0n) is 8.22. The van der Waals surface area contributed by atoms with Gasteiger partial charge in [-0.05, 0) is 12.1 Å². The lowest BCUT2D eigenvalue weighted by Gasteiger charge is -2.07. The second-order valence-corrected chi connectivity index (χ2v) is 2.61. The summed E-state index contributed by atoms with van der Waals surface area (Å²) in [5, 5.41) is 10.7. The Balaban J connectivity index is 3.51. The lowest BCUT2D eigenvalue weighted by atomic mass is 10.1. The van der Waals surface area contributed by atoms with Gasteiger partial charge in [0.2, 0.25) is 0 Å². The molecule has 0 saturated carbocycles. The molecule has 0 bridgehead atoms. The summed E-state index contributed by atoms with van der Waals surface area (Å²) < 4.78 is 9.63. The van der Waals surface area contributed by atoms with Crippen LogP contribution in [0.25, 0.3) is 0 Å². The molecule has 80 valence electrons. The first-order valence-electron chi connectivity index (χ1n) is 4.00. The number of carbonyl (C=O) groups excluding carboxylic acids is 1. The van der Waals surface area contributed by atoms with E-state index in [4.69, 9.17) is 9.47 Å². The highest BCUT2D eigenvalue weighted by Gasteiger charge is 2.24. The van der Waals surface area contributed by atoms with Crippen LogP contribution < -0.4 is 9.47 Å². The molecule has 0 N–H and O–H groups in total. The van der Waals surface area contributed by atoms with Gasteiger partial charge in [0.15, 0.2) is 12.0 Å². The molecule has 0 unspecified atom stereocenters. The Morgan fingerprint density at radius 1 is 1.27 bits per heavy atom. The Labute approximate surface area is 85.6 Å². The number of benzene rings is 1. The Kier molecular flexibility index (Phi) is 3.22. The van der Waals surface area contributed by atoms with Crippen molar-refractivity contribution in [3.8, 4) is 11.5 Å². The van der Waals surface area contributed by atoms with Crippen LogP contribution in [0.2, 0.25) is 0 Å². The maximum Gasteiger partial charge on any atom is 0.325 e. The summed E-state index contributed by atoms with van der Waals surface area (Å²) >= 11 is 0. The molecule has 0 aliphatic rings. The fraction of sp³-hybridized carbons (Fsp3) is 0.222. The van der Waals surface area contributed by atoms with Gasteiger partial charge in [-0.25, -0.2) is 0 Å².